The minimum Gasteiger partial charge on any atom is -0.395 e. The van der Waals surface area contributed by atoms with E-state index in [0.29, 0.717) is 24.2 Å². The van der Waals surface area contributed by atoms with Crippen LogP contribution in [0.2, 0.25) is 0 Å². The van der Waals surface area contributed by atoms with Crippen LogP contribution in [0.25, 0.3) is 0 Å². The highest BCUT2D eigenvalue weighted by atomic mass is 16.3. The smallest absolute Gasteiger partial charge is 0.255 e. The van der Waals surface area contributed by atoms with Crippen LogP contribution in [0.3, 0.4) is 0 Å². The van der Waals surface area contributed by atoms with Gasteiger partial charge in [-0.25, -0.2) is 0 Å². The van der Waals surface area contributed by atoms with E-state index in [0.717, 1.165) is 12.1 Å². The summed E-state index contributed by atoms with van der Waals surface area (Å²) in [6, 6.07) is 15.8. The van der Waals surface area contributed by atoms with E-state index in [9.17, 15) is 9.59 Å². The van der Waals surface area contributed by atoms with Crippen molar-refractivity contribution in [1.82, 2.24) is 4.90 Å². The maximum Gasteiger partial charge on any atom is 0.255 e. The molecule has 0 aliphatic heterocycles. The average molecular weight is 326 g/mol. The third-order valence-electron chi connectivity index (χ3n) is 3.58. The van der Waals surface area contributed by atoms with Crippen molar-refractivity contribution in [1.29, 1.82) is 0 Å². The van der Waals surface area contributed by atoms with Gasteiger partial charge < -0.3 is 15.3 Å². The Hall–Kier alpha value is -2.66. The summed E-state index contributed by atoms with van der Waals surface area (Å²) in [6.45, 7) is 2.82. The van der Waals surface area contributed by atoms with Crippen LogP contribution in [-0.2, 0) is 0 Å². The highest BCUT2D eigenvalue weighted by Crippen LogP contribution is 2.11. The Bertz CT molecular complexity index is 663. The lowest BCUT2D eigenvalue weighted by molar-refractivity contribution is 0.0721. The number of nitrogens with one attached hydrogen (secondary N) is 1. The van der Waals surface area contributed by atoms with Crippen LogP contribution in [0.15, 0.2) is 54.6 Å². The van der Waals surface area contributed by atoms with Crippen LogP contribution in [0, 0.1) is 0 Å². The molecule has 24 heavy (non-hydrogen) atoms. The minimum absolute atomic E-state index is 0.0662. The summed E-state index contributed by atoms with van der Waals surface area (Å²) in [4.78, 5) is 26.2. The lowest BCUT2D eigenvalue weighted by Gasteiger charge is -2.21. The zero-order chi connectivity index (χ0) is 17.4. The molecule has 0 spiro atoms. The van der Waals surface area contributed by atoms with Gasteiger partial charge in [0, 0.05) is 29.9 Å². The zero-order valence-corrected chi connectivity index (χ0v) is 13.7. The number of hydrogen-bond donors (Lipinski definition) is 2. The van der Waals surface area contributed by atoms with Gasteiger partial charge in [-0.1, -0.05) is 25.1 Å². The molecule has 2 aromatic rings. The van der Waals surface area contributed by atoms with Crippen LogP contribution in [0.5, 0.6) is 0 Å². The average Bonchev–Trinajstić information content (AvgIpc) is 2.62. The summed E-state index contributed by atoms with van der Waals surface area (Å²) in [6.07, 6.45) is 0.823. The molecule has 0 saturated heterocycles. The quantitative estimate of drug-likeness (QED) is 0.822. The molecule has 0 aliphatic rings. The van der Waals surface area contributed by atoms with E-state index >= 15 is 0 Å². The Morgan fingerprint density at radius 2 is 1.58 bits per heavy atom. The van der Waals surface area contributed by atoms with Crippen molar-refractivity contribution in [2.45, 2.75) is 13.3 Å². The van der Waals surface area contributed by atoms with Gasteiger partial charge in [-0.3, -0.25) is 9.59 Å². The Labute approximate surface area is 141 Å². The van der Waals surface area contributed by atoms with E-state index in [-0.39, 0.29) is 18.4 Å². The molecule has 126 valence electrons. The first-order chi connectivity index (χ1) is 11.7. The van der Waals surface area contributed by atoms with E-state index in [4.69, 9.17) is 5.11 Å². The van der Waals surface area contributed by atoms with Gasteiger partial charge in [-0.05, 0) is 42.8 Å². The Morgan fingerprint density at radius 1 is 0.958 bits per heavy atom. The van der Waals surface area contributed by atoms with E-state index in [1.807, 2.05) is 37.3 Å². The number of nitrogens with zero attached hydrogens (tertiary/aromatic N) is 1. The standard InChI is InChI=1S/C19H22N2O3/c1-2-12-21(13-14-22)19(24)16-10-8-15(9-11-16)18(23)20-17-6-4-3-5-7-17/h3-11,22H,2,12-14H2,1H3,(H,20,23). The summed E-state index contributed by atoms with van der Waals surface area (Å²) >= 11 is 0. The SMILES string of the molecule is CCCN(CCO)C(=O)c1ccc(C(=O)Nc2ccccc2)cc1. The van der Waals surface area contributed by atoms with Crippen molar-refractivity contribution in [3.8, 4) is 0 Å². The van der Waals surface area contributed by atoms with Crippen LogP contribution in [0.1, 0.15) is 34.1 Å². The summed E-state index contributed by atoms with van der Waals surface area (Å²) in [7, 11) is 0. The Kier molecular flexibility index (Phi) is 6.51. The van der Waals surface area contributed by atoms with Crippen molar-refractivity contribution in [2.24, 2.45) is 0 Å². The first-order valence-corrected chi connectivity index (χ1v) is 8.02. The molecule has 0 fully saturated rings. The molecule has 2 aromatic carbocycles. The fourth-order valence-electron chi connectivity index (χ4n) is 2.38. The molecule has 2 N–H and O–H groups in total. The number of aliphatic hydroxyl groups is 1. The van der Waals surface area contributed by atoms with Gasteiger partial charge in [0.05, 0.1) is 6.61 Å². The largest absolute Gasteiger partial charge is 0.395 e. The maximum atomic E-state index is 12.4. The predicted octanol–water partition coefficient (Wildman–Crippen LogP) is 2.78. The van der Waals surface area contributed by atoms with Crippen molar-refractivity contribution in [3.63, 3.8) is 0 Å². The minimum atomic E-state index is -0.221. The molecule has 5 nitrogen and oxygen atoms in total. The molecular weight excluding hydrogens is 304 g/mol. The molecule has 0 unspecified atom stereocenters. The maximum absolute atomic E-state index is 12.4. The van der Waals surface area contributed by atoms with E-state index in [2.05, 4.69) is 5.32 Å². The molecule has 0 aromatic heterocycles. The van der Waals surface area contributed by atoms with Gasteiger partial charge in [-0.2, -0.15) is 0 Å². The Balaban J connectivity index is 2.06. The van der Waals surface area contributed by atoms with Gasteiger partial charge in [0.1, 0.15) is 0 Å². The number of para-hydroxylation sites is 1. The van der Waals surface area contributed by atoms with Crippen molar-refractivity contribution < 1.29 is 14.7 Å². The molecule has 0 saturated carbocycles. The topological polar surface area (TPSA) is 69.6 Å². The number of carbonyl (C=O) groups is 2. The lowest BCUT2D eigenvalue weighted by Crippen LogP contribution is -2.34. The first-order valence-electron chi connectivity index (χ1n) is 8.02. The number of hydrogen-bond acceptors (Lipinski definition) is 3. The van der Waals surface area contributed by atoms with Gasteiger partial charge in [0.25, 0.3) is 11.8 Å². The van der Waals surface area contributed by atoms with Crippen molar-refractivity contribution >= 4 is 17.5 Å². The zero-order valence-electron chi connectivity index (χ0n) is 13.7. The highest BCUT2D eigenvalue weighted by molar-refractivity contribution is 6.05. The number of rotatable bonds is 7. The normalized spacial score (nSPS) is 10.2. The Morgan fingerprint density at radius 3 is 2.17 bits per heavy atom. The number of amides is 2. The van der Waals surface area contributed by atoms with Crippen LogP contribution >= 0.6 is 0 Å². The van der Waals surface area contributed by atoms with Crippen molar-refractivity contribution in [3.05, 3.63) is 65.7 Å². The molecule has 2 rings (SSSR count). The summed E-state index contributed by atoms with van der Waals surface area (Å²) in [5.41, 5.74) is 1.72. The molecule has 5 heteroatoms. The first kappa shape index (κ1) is 17.7. The number of anilines is 1. The molecule has 0 aliphatic carbocycles. The fourth-order valence-corrected chi connectivity index (χ4v) is 2.38. The summed E-state index contributed by atoms with van der Waals surface area (Å²) in [5, 5.41) is 11.9. The summed E-state index contributed by atoms with van der Waals surface area (Å²) < 4.78 is 0. The van der Waals surface area contributed by atoms with E-state index < -0.39 is 0 Å². The molecule has 0 bridgehead atoms. The van der Waals surface area contributed by atoms with Crippen molar-refractivity contribution in [2.75, 3.05) is 25.0 Å². The lowest BCUT2D eigenvalue weighted by atomic mass is 10.1. The molecule has 0 radical (unpaired) electrons. The number of carbonyl (C=O) groups excluding carboxylic acids is 2. The van der Waals surface area contributed by atoms with Gasteiger partial charge in [0.15, 0.2) is 0 Å². The van der Waals surface area contributed by atoms with E-state index in [1.165, 1.54) is 0 Å². The van der Waals surface area contributed by atoms with Crippen LogP contribution < -0.4 is 5.32 Å². The second-order valence-corrected chi connectivity index (χ2v) is 5.41. The molecule has 0 atom stereocenters. The third kappa shape index (κ3) is 4.67. The summed E-state index contributed by atoms with van der Waals surface area (Å²) in [5.74, 6) is -0.359. The molecule has 0 heterocycles. The number of benzene rings is 2. The van der Waals surface area contributed by atoms with Gasteiger partial charge in [-0.15, -0.1) is 0 Å². The predicted molar refractivity (Wildman–Crippen MR) is 94.1 cm³/mol. The molecular formula is C19H22N2O3. The number of aliphatic hydroxyl groups excluding tert-OH is 1. The van der Waals surface area contributed by atoms with Crippen LogP contribution in [0.4, 0.5) is 5.69 Å². The van der Waals surface area contributed by atoms with Gasteiger partial charge in [0.2, 0.25) is 0 Å². The van der Waals surface area contributed by atoms with Crippen LogP contribution in [-0.4, -0.2) is 41.5 Å². The fraction of sp³-hybridized carbons (Fsp3) is 0.263. The van der Waals surface area contributed by atoms with Gasteiger partial charge >= 0.3 is 0 Å². The second kappa shape index (κ2) is 8.84. The highest BCUT2D eigenvalue weighted by Gasteiger charge is 2.15. The monoisotopic (exact) mass is 326 g/mol. The molecule has 2 amide bonds. The third-order valence-corrected chi connectivity index (χ3v) is 3.58. The van der Waals surface area contributed by atoms with E-state index in [1.54, 1.807) is 29.2 Å². The second-order valence-electron chi connectivity index (χ2n) is 5.41.